The molecular formula is C12H22O2. The highest BCUT2D eigenvalue weighted by atomic mass is 16.3. The molecule has 82 valence electrons. The van der Waals surface area contributed by atoms with Crippen LogP contribution in [0.2, 0.25) is 0 Å². The molecular weight excluding hydrogens is 176 g/mol. The summed E-state index contributed by atoms with van der Waals surface area (Å²) >= 11 is 0. The van der Waals surface area contributed by atoms with Crippen molar-refractivity contribution in [2.24, 2.45) is 11.8 Å². The quantitative estimate of drug-likeness (QED) is 0.664. The van der Waals surface area contributed by atoms with Crippen LogP contribution in [-0.2, 0) is 0 Å². The van der Waals surface area contributed by atoms with E-state index in [0.717, 1.165) is 32.1 Å². The molecule has 0 spiro atoms. The van der Waals surface area contributed by atoms with Crippen molar-refractivity contribution in [1.29, 1.82) is 0 Å². The van der Waals surface area contributed by atoms with Gasteiger partial charge in [-0.15, -0.1) is 0 Å². The van der Waals surface area contributed by atoms with E-state index in [0.29, 0.717) is 11.8 Å². The average molecular weight is 198 g/mol. The van der Waals surface area contributed by atoms with Crippen LogP contribution in [0.3, 0.4) is 0 Å². The molecule has 0 heterocycles. The number of hydrogen-bond donors (Lipinski definition) is 2. The molecule has 1 aliphatic carbocycles. The second-order valence-electron chi connectivity index (χ2n) is 4.20. The smallest absolute Gasteiger partial charge is 0.0574 e. The third kappa shape index (κ3) is 3.10. The zero-order chi connectivity index (χ0) is 10.4. The van der Waals surface area contributed by atoms with Gasteiger partial charge in [0.25, 0.3) is 0 Å². The Hall–Kier alpha value is -0.340. The van der Waals surface area contributed by atoms with Crippen molar-refractivity contribution in [3.05, 3.63) is 12.2 Å². The Morgan fingerprint density at radius 3 is 2.71 bits per heavy atom. The minimum atomic E-state index is -0.145. The third-order valence-electron chi connectivity index (χ3n) is 3.24. The Labute approximate surface area is 86.6 Å². The number of rotatable bonds is 5. The van der Waals surface area contributed by atoms with Crippen LogP contribution in [-0.4, -0.2) is 22.9 Å². The molecule has 0 bridgehead atoms. The van der Waals surface area contributed by atoms with Crippen LogP contribution < -0.4 is 0 Å². The van der Waals surface area contributed by atoms with Crippen molar-refractivity contribution < 1.29 is 10.2 Å². The fourth-order valence-electron chi connectivity index (χ4n) is 2.42. The van der Waals surface area contributed by atoms with Crippen LogP contribution in [0.25, 0.3) is 0 Å². The third-order valence-corrected chi connectivity index (χ3v) is 3.24. The summed E-state index contributed by atoms with van der Waals surface area (Å²) in [6.07, 6.45) is 9.05. The zero-order valence-corrected chi connectivity index (χ0v) is 9.02. The number of hydrogen-bond acceptors (Lipinski definition) is 2. The Bertz CT molecular complexity index is 175. The molecule has 0 aromatic carbocycles. The Morgan fingerprint density at radius 1 is 1.29 bits per heavy atom. The predicted octanol–water partition coefficient (Wildman–Crippen LogP) is 2.11. The van der Waals surface area contributed by atoms with Crippen LogP contribution in [0, 0.1) is 11.8 Å². The van der Waals surface area contributed by atoms with Gasteiger partial charge in [-0.1, -0.05) is 19.1 Å². The van der Waals surface area contributed by atoms with Crippen molar-refractivity contribution >= 4 is 0 Å². The van der Waals surface area contributed by atoms with Crippen molar-refractivity contribution in [3.63, 3.8) is 0 Å². The molecule has 0 saturated heterocycles. The Kier molecular flexibility index (Phi) is 5.20. The largest absolute Gasteiger partial charge is 0.396 e. The maximum Gasteiger partial charge on any atom is 0.0574 e. The molecule has 1 aliphatic rings. The first-order chi connectivity index (χ1) is 6.79. The van der Waals surface area contributed by atoms with Gasteiger partial charge in [0, 0.05) is 6.61 Å². The number of allylic oxidation sites excluding steroid dienone is 2. The highest BCUT2D eigenvalue weighted by molar-refractivity contribution is 4.91. The molecule has 2 nitrogen and oxygen atoms in total. The van der Waals surface area contributed by atoms with E-state index < -0.39 is 0 Å². The monoisotopic (exact) mass is 198 g/mol. The highest BCUT2D eigenvalue weighted by Crippen LogP contribution is 2.36. The molecule has 2 heteroatoms. The summed E-state index contributed by atoms with van der Waals surface area (Å²) in [5.74, 6) is 0.904. The van der Waals surface area contributed by atoms with Gasteiger partial charge >= 0.3 is 0 Å². The van der Waals surface area contributed by atoms with Gasteiger partial charge < -0.3 is 10.2 Å². The second-order valence-corrected chi connectivity index (χ2v) is 4.20. The zero-order valence-electron chi connectivity index (χ0n) is 9.02. The standard InChI is InChI=1S/C12H22O2/c1-2-3-4-5-11-10(8-9-13)6-7-12(11)14/h3-4,10-14H,2,5-9H2,1H3. The SMILES string of the molecule is CCC=CCC1C(O)CCC1CCO. The maximum atomic E-state index is 9.77. The van der Waals surface area contributed by atoms with E-state index in [1.165, 1.54) is 0 Å². The summed E-state index contributed by atoms with van der Waals surface area (Å²) in [7, 11) is 0. The molecule has 0 radical (unpaired) electrons. The van der Waals surface area contributed by atoms with Gasteiger partial charge in [-0.05, 0) is 43.9 Å². The maximum absolute atomic E-state index is 9.77. The first-order valence-electron chi connectivity index (χ1n) is 5.73. The van der Waals surface area contributed by atoms with Crippen LogP contribution in [0.5, 0.6) is 0 Å². The van der Waals surface area contributed by atoms with Gasteiger partial charge in [0.05, 0.1) is 6.10 Å². The lowest BCUT2D eigenvalue weighted by molar-refractivity contribution is 0.111. The van der Waals surface area contributed by atoms with E-state index in [1.54, 1.807) is 0 Å². The van der Waals surface area contributed by atoms with E-state index in [-0.39, 0.29) is 12.7 Å². The molecule has 1 saturated carbocycles. The van der Waals surface area contributed by atoms with Crippen molar-refractivity contribution in [3.8, 4) is 0 Å². The van der Waals surface area contributed by atoms with Crippen molar-refractivity contribution in [2.75, 3.05) is 6.61 Å². The lowest BCUT2D eigenvalue weighted by Gasteiger charge is -2.19. The van der Waals surface area contributed by atoms with Gasteiger partial charge in [-0.2, -0.15) is 0 Å². The normalized spacial score (nSPS) is 32.9. The second kappa shape index (κ2) is 6.20. The van der Waals surface area contributed by atoms with Gasteiger partial charge in [0.15, 0.2) is 0 Å². The van der Waals surface area contributed by atoms with Crippen LogP contribution >= 0.6 is 0 Å². The molecule has 0 aromatic rings. The van der Waals surface area contributed by atoms with E-state index in [2.05, 4.69) is 19.1 Å². The van der Waals surface area contributed by atoms with Gasteiger partial charge in [0.1, 0.15) is 0 Å². The van der Waals surface area contributed by atoms with Crippen LogP contribution in [0.4, 0.5) is 0 Å². The van der Waals surface area contributed by atoms with E-state index in [4.69, 9.17) is 5.11 Å². The molecule has 0 aromatic heterocycles. The van der Waals surface area contributed by atoms with Crippen LogP contribution in [0.15, 0.2) is 12.2 Å². The average Bonchev–Trinajstić information content (AvgIpc) is 2.50. The first kappa shape index (κ1) is 11.7. The number of aliphatic hydroxyl groups is 2. The van der Waals surface area contributed by atoms with E-state index >= 15 is 0 Å². The molecule has 1 fully saturated rings. The van der Waals surface area contributed by atoms with Crippen LogP contribution in [0.1, 0.15) is 39.0 Å². The van der Waals surface area contributed by atoms with E-state index in [1.807, 2.05) is 0 Å². The fraction of sp³-hybridized carbons (Fsp3) is 0.833. The summed E-state index contributed by atoms with van der Waals surface area (Å²) in [6, 6.07) is 0. The van der Waals surface area contributed by atoms with Gasteiger partial charge in [0.2, 0.25) is 0 Å². The summed E-state index contributed by atoms with van der Waals surface area (Å²) in [5, 5.41) is 18.7. The lowest BCUT2D eigenvalue weighted by Crippen LogP contribution is -2.19. The molecule has 3 atom stereocenters. The Balaban J connectivity index is 2.40. The van der Waals surface area contributed by atoms with Gasteiger partial charge in [-0.25, -0.2) is 0 Å². The fourth-order valence-corrected chi connectivity index (χ4v) is 2.42. The lowest BCUT2D eigenvalue weighted by atomic mass is 9.89. The molecule has 1 rings (SSSR count). The summed E-state index contributed by atoms with van der Waals surface area (Å²) in [5.41, 5.74) is 0. The summed E-state index contributed by atoms with van der Waals surface area (Å²) in [4.78, 5) is 0. The Morgan fingerprint density at radius 2 is 2.07 bits per heavy atom. The summed E-state index contributed by atoms with van der Waals surface area (Å²) in [6.45, 7) is 2.37. The molecule has 14 heavy (non-hydrogen) atoms. The summed E-state index contributed by atoms with van der Waals surface area (Å²) < 4.78 is 0. The van der Waals surface area contributed by atoms with E-state index in [9.17, 15) is 5.11 Å². The van der Waals surface area contributed by atoms with Crippen molar-refractivity contribution in [2.45, 2.75) is 45.1 Å². The number of aliphatic hydroxyl groups excluding tert-OH is 2. The topological polar surface area (TPSA) is 40.5 Å². The van der Waals surface area contributed by atoms with Gasteiger partial charge in [-0.3, -0.25) is 0 Å². The molecule has 0 aliphatic heterocycles. The van der Waals surface area contributed by atoms with Crippen molar-refractivity contribution in [1.82, 2.24) is 0 Å². The molecule has 0 amide bonds. The first-order valence-corrected chi connectivity index (χ1v) is 5.73. The highest BCUT2D eigenvalue weighted by Gasteiger charge is 2.33. The molecule has 2 N–H and O–H groups in total. The minimum absolute atomic E-state index is 0.145. The minimum Gasteiger partial charge on any atom is -0.396 e. The molecule has 3 unspecified atom stereocenters. The predicted molar refractivity (Wildman–Crippen MR) is 58.0 cm³/mol.